The van der Waals surface area contributed by atoms with Crippen LogP contribution in [-0.2, 0) is 4.79 Å². The molecule has 4 rings (SSSR count). The van der Waals surface area contributed by atoms with Gasteiger partial charge in [-0.1, -0.05) is 17.7 Å². The largest absolute Gasteiger partial charge is 0.493 e. The first-order valence-corrected chi connectivity index (χ1v) is 13.3. The summed E-state index contributed by atoms with van der Waals surface area (Å²) >= 11 is 2.79. The Morgan fingerprint density at radius 2 is 1.62 bits per heavy atom. The van der Waals surface area contributed by atoms with Crippen molar-refractivity contribution in [1.82, 2.24) is 4.98 Å². The second kappa shape index (κ2) is 11.9. The van der Waals surface area contributed by atoms with Gasteiger partial charge in [-0.05, 0) is 68.4 Å². The van der Waals surface area contributed by atoms with Crippen molar-refractivity contribution < 1.29 is 19.1 Å². The molecule has 0 aliphatic heterocycles. The Morgan fingerprint density at radius 1 is 0.919 bits per heavy atom. The minimum atomic E-state index is -0.346. The molecule has 0 saturated carbocycles. The second-order valence-corrected chi connectivity index (χ2v) is 10.5. The van der Waals surface area contributed by atoms with Crippen molar-refractivity contribution in [3.8, 4) is 22.8 Å². The average Bonchev–Trinajstić information content (AvgIpc) is 3.38. The third-order valence-corrected chi connectivity index (χ3v) is 7.39. The van der Waals surface area contributed by atoms with Gasteiger partial charge in [-0.15, -0.1) is 23.1 Å². The number of carbonyl (C=O) groups is 2. The quantitative estimate of drug-likeness (QED) is 0.239. The summed E-state index contributed by atoms with van der Waals surface area (Å²) in [6, 6.07) is 20.4. The summed E-state index contributed by atoms with van der Waals surface area (Å²) in [4.78, 5) is 30.7. The molecule has 9 heteroatoms. The standard InChI is InChI=1S/C28H27N3O4S2/c1-17-5-7-19(8-6-17)27(33)29-21-10-12-22(13-11-21)37-18(2)26(32)31-28-30-23(16-36-28)20-9-14-24(34-3)25(15-20)35-4/h5-16,18H,1-4H3,(H,29,33)(H,30,31,32). The fourth-order valence-corrected chi connectivity index (χ4v) is 5.04. The van der Waals surface area contributed by atoms with Crippen molar-refractivity contribution in [3.05, 3.63) is 83.2 Å². The lowest BCUT2D eigenvalue weighted by molar-refractivity contribution is -0.115. The van der Waals surface area contributed by atoms with Crippen molar-refractivity contribution in [3.63, 3.8) is 0 Å². The Morgan fingerprint density at radius 3 is 2.30 bits per heavy atom. The highest BCUT2D eigenvalue weighted by atomic mass is 32.2. The summed E-state index contributed by atoms with van der Waals surface area (Å²) in [7, 11) is 3.18. The number of hydrogen-bond donors (Lipinski definition) is 2. The molecule has 2 N–H and O–H groups in total. The number of thioether (sulfide) groups is 1. The molecular weight excluding hydrogens is 506 g/mol. The van der Waals surface area contributed by atoms with Gasteiger partial charge in [-0.25, -0.2) is 4.98 Å². The van der Waals surface area contributed by atoms with Gasteiger partial charge >= 0.3 is 0 Å². The molecule has 1 heterocycles. The number of carbonyl (C=O) groups excluding carboxylic acids is 2. The highest BCUT2D eigenvalue weighted by Crippen LogP contribution is 2.34. The lowest BCUT2D eigenvalue weighted by Gasteiger charge is -2.11. The molecular formula is C28H27N3O4S2. The molecule has 1 atom stereocenters. The molecule has 1 aromatic heterocycles. The molecule has 0 spiro atoms. The Kier molecular flexibility index (Phi) is 8.47. The zero-order valence-electron chi connectivity index (χ0n) is 20.9. The van der Waals surface area contributed by atoms with E-state index in [-0.39, 0.29) is 17.1 Å². The van der Waals surface area contributed by atoms with E-state index in [1.165, 1.54) is 23.1 Å². The van der Waals surface area contributed by atoms with Crippen LogP contribution in [0.15, 0.2) is 77.0 Å². The van der Waals surface area contributed by atoms with Gasteiger partial charge in [-0.3, -0.25) is 9.59 Å². The number of amides is 2. The molecule has 2 amide bonds. The number of benzene rings is 3. The number of aromatic nitrogens is 1. The van der Waals surface area contributed by atoms with Gasteiger partial charge in [0.25, 0.3) is 5.91 Å². The molecule has 0 saturated heterocycles. The molecule has 0 fully saturated rings. The van der Waals surface area contributed by atoms with E-state index in [0.29, 0.717) is 27.9 Å². The summed E-state index contributed by atoms with van der Waals surface area (Å²) in [5.41, 5.74) is 4.00. The van der Waals surface area contributed by atoms with E-state index in [4.69, 9.17) is 9.47 Å². The van der Waals surface area contributed by atoms with Gasteiger partial charge in [0.2, 0.25) is 5.91 Å². The maximum absolute atomic E-state index is 12.8. The Hall–Kier alpha value is -3.82. The maximum Gasteiger partial charge on any atom is 0.255 e. The van der Waals surface area contributed by atoms with Crippen LogP contribution in [0.1, 0.15) is 22.8 Å². The number of methoxy groups -OCH3 is 2. The summed E-state index contributed by atoms with van der Waals surface area (Å²) in [6.07, 6.45) is 0. The Balaban J connectivity index is 1.33. The number of hydrogen-bond acceptors (Lipinski definition) is 7. The lowest BCUT2D eigenvalue weighted by Crippen LogP contribution is -2.22. The van der Waals surface area contributed by atoms with E-state index in [0.717, 1.165) is 21.7 Å². The Bertz CT molecular complexity index is 1390. The zero-order chi connectivity index (χ0) is 26.4. The SMILES string of the molecule is COc1ccc(-c2csc(NC(=O)C(C)Sc3ccc(NC(=O)c4ccc(C)cc4)cc3)n2)cc1OC. The predicted molar refractivity (Wildman–Crippen MR) is 150 cm³/mol. The molecule has 37 heavy (non-hydrogen) atoms. The second-order valence-electron chi connectivity index (χ2n) is 8.20. The van der Waals surface area contributed by atoms with E-state index < -0.39 is 0 Å². The third-order valence-electron chi connectivity index (χ3n) is 5.52. The minimum absolute atomic E-state index is 0.144. The maximum atomic E-state index is 12.8. The van der Waals surface area contributed by atoms with Crippen molar-refractivity contribution in [2.75, 3.05) is 24.9 Å². The van der Waals surface area contributed by atoms with Gasteiger partial charge < -0.3 is 20.1 Å². The molecule has 0 bridgehead atoms. The van der Waals surface area contributed by atoms with E-state index in [9.17, 15) is 9.59 Å². The lowest BCUT2D eigenvalue weighted by atomic mass is 10.1. The molecule has 7 nitrogen and oxygen atoms in total. The number of nitrogens with one attached hydrogen (secondary N) is 2. The van der Waals surface area contributed by atoms with Crippen molar-refractivity contribution in [2.45, 2.75) is 24.0 Å². The van der Waals surface area contributed by atoms with Crippen LogP contribution in [-0.4, -0.2) is 36.3 Å². The van der Waals surface area contributed by atoms with Gasteiger partial charge in [0.05, 0.1) is 25.2 Å². The van der Waals surface area contributed by atoms with E-state index in [1.54, 1.807) is 26.4 Å². The monoisotopic (exact) mass is 533 g/mol. The minimum Gasteiger partial charge on any atom is -0.493 e. The summed E-state index contributed by atoms with van der Waals surface area (Å²) in [6.45, 7) is 3.82. The third kappa shape index (κ3) is 6.69. The number of aryl methyl sites for hydroxylation is 1. The smallest absolute Gasteiger partial charge is 0.255 e. The fraction of sp³-hybridized carbons (Fsp3) is 0.179. The van der Waals surface area contributed by atoms with Crippen molar-refractivity contribution in [1.29, 1.82) is 0 Å². The first kappa shape index (κ1) is 26.2. The first-order chi connectivity index (χ1) is 17.9. The average molecular weight is 534 g/mol. The predicted octanol–water partition coefficient (Wildman–Crippen LogP) is 6.51. The van der Waals surface area contributed by atoms with Crippen LogP contribution in [0.3, 0.4) is 0 Å². The molecule has 0 radical (unpaired) electrons. The van der Waals surface area contributed by atoms with E-state index in [2.05, 4.69) is 15.6 Å². The van der Waals surface area contributed by atoms with Gasteiger partial charge in [-0.2, -0.15) is 0 Å². The van der Waals surface area contributed by atoms with Crippen LogP contribution < -0.4 is 20.1 Å². The molecule has 0 aliphatic carbocycles. The summed E-state index contributed by atoms with van der Waals surface area (Å²) in [5.74, 6) is 0.950. The number of rotatable bonds is 9. The number of nitrogens with zero attached hydrogens (tertiary/aromatic N) is 1. The van der Waals surface area contributed by atoms with Crippen LogP contribution >= 0.6 is 23.1 Å². The van der Waals surface area contributed by atoms with E-state index in [1.807, 2.05) is 73.8 Å². The number of thiazole rings is 1. The molecule has 190 valence electrons. The first-order valence-electron chi connectivity index (χ1n) is 11.5. The normalized spacial score (nSPS) is 11.5. The van der Waals surface area contributed by atoms with Crippen LogP contribution in [0.25, 0.3) is 11.3 Å². The van der Waals surface area contributed by atoms with Gasteiger partial charge in [0.15, 0.2) is 16.6 Å². The number of ether oxygens (including phenoxy) is 2. The number of anilines is 2. The molecule has 0 aliphatic rings. The van der Waals surface area contributed by atoms with Crippen molar-refractivity contribution in [2.24, 2.45) is 0 Å². The zero-order valence-corrected chi connectivity index (χ0v) is 22.5. The Labute approximate surface area is 224 Å². The van der Waals surface area contributed by atoms with Crippen LogP contribution in [0, 0.1) is 6.92 Å². The van der Waals surface area contributed by atoms with Crippen LogP contribution in [0.2, 0.25) is 0 Å². The highest BCUT2D eigenvalue weighted by Gasteiger charge is 2.17. The molecule has 1 unspecified atom stereocenters. The van der Waals surface area contributed by atoms with Crippen molar-refractivity contribution >= 4 is 45.7 Å². The van der Waals surface area contributed by atoms with Gasteiger partial charge in [0.1, 0.15) is 0 Å². The summed E-state index contributed by atoms with van der Waals surface area (Å²) < 4.78 is 10.7. The molecule has 4 aromatic rings. The topological polar surface area (TPSA) is 89.6 Å². The van der Waals surface area contributed by atoms with E-state index >= 15 is 0 Å². The fourth-order valence-electron chi connectivity index (χ4n) is 3.45. The van der Waals surface area contributed by atoms with Crippen LogP contribution in [0.4, 0.5) is 10.8 Å². The van der Waals surface area contributed by atoms with Crippen LogP contribution in [0.5, 0.6) is 11.5 Å². The highest BCUT2D eigenvalue weighted by molar-refractivity contribution is 8.00. The van der Waals surface area contributed by atoms with Gasteiger partial charge in [0, 0.05) is 27.1 Å². The summed E-state index contributed by atoms with van der Waals surface area (Å²) in [5, 5.41) is 7.86. The molecule has 3 aromatic carbocycles.